The Hall–Kier alpha value is -1.09. The summed E-state index contributed by atoms with van der Waals surface area (Å²) in [4.78, 5) is 2.01. The van der Waals surface area contributed by atoms with Crippen LogP contribution in [0.25, 0.3) is 0 Å². The van der Waals surface area contributed by atoms with E-state index < -0.39 is 9.84 Å². The van der Waals surface area contributed by atoms with Gasteiger partial charge in [0.25, 0.3) is 0 Å². The molecule has 1 aromatic carbocycles. The highest BCUT2D eigenvalue weighted by molar-refractivity contribution is 7.91. The van der Waals surface area contributed by atoms with Crippen LogP contribution in [0.1, 0.15) is 17.5 Å². The standard InChI is InChI=1S/C13H15ClN2O2S/c1-16(12-4-5-19(17,18)9-12)8-11-3-2-10(7-15)6-13(11)14/h2-3,6,12H,4-5,8-9H2,1H3. The molecule has 1 aliphatic rings. The predicted molar refractivity (Wildman–Crippen MR) is 74.7 cm³/mol. The molecule has 0 saturated carbocycles. The SMILES string of the molecule is CN(Cc1ccc(C#N)cc1Cl)C1CCS(=O)(=O)C1. The molecule has 102 valence electrons. The molecule has 1 fully saturated rings. The fourth-order valence-corrected chi connectivity index (χ4v) is 4.31. The van der Waals surface area contributed by atoms with Crippen molar-refractivity contribution >= 4 is 21.4 Å². The summed E-state index contributed by atoms with van der Waals surface area (Å²) < 4.78 is 22.9. The summed E-state index contributed by atoms with van der Waals surface area (Å²) in [7, 11) is -0.968. The zero-order chi connectivity index (χ0) is 14.0. The highest BCUT2D eigenvalue weighted by Gasteiger charge is 2.30. The van der Waals surface area contributed by atoms with Gasteiger partial charge in [0.05, 0.1) is 23.1 Å². The fraction of sp³-hybridized carbons (Fsp3) is 0.462. The molecule has 0 bridgehead atoms. The summed E-state index contributed by atoms with van der Waals surface area (Å²) in [5.74, 6) is 0.487. The zero-order valence-corrected chi connectivity index (χ0v) is 12.2. The van der Waals surface area contributed by atoms with Crippen LogP contribution in [0, 0.1) is 11.3 Å². The molecule has 1 aromatic rings. The molecule has 1 atom stereocenters. The van der Waals surface area contributed by atoms with Gasteiger partial charge in [-0.05, 0) is 31.2 Å². The molecule has 6 heteroatoms. The number of nitriles is 1. The van der Waals surface area contributed by atoms with Crippen molar-refractivity contribution in [3.05, 3.63) is 34.3 Å². The molecule has 19 heavy (non-hydrogen) atoms. The summed E-state index contributed by atoms with van der Waals surface area (Å²) in [6.07, 6.45) is 0.673. The van der Waals surface area contributed by atoms with Gasteiger partial charge in [-0.15, -0.1) is 0 Å². The van der Waals surface area contributed by atoms with Gasteiger partial charge in [-0.3, -0.25) is 4.90 Å². The van der Waals surface area contributed by atoms with Gasteiger partial charge >= 0.3 is 0 Å². The number of nitrogens with zero attached hydrogens (tertiary/aromatic N) is 2. The molecule has 0 N–H and O–H groups in total. The van der Waals surface area contributed by atoms with Crippen molar-refractivity contribution < 1.29 is 8.42 Å². The van der Waals surface area contributed by atoms with Crippen molar-refractivity contribution in [2.75, 3.05) is 18.6 Å². The van der Waals surface area contributed by atoms with E-state index in [-0.39, 0.29) is 17.5 Å². The first-order valence-corrected chi connectivity index (χ1v) is 8.20. The van der Waals surface area contributed by atoms with Crippen molar-refractivity contribution in [1.82, 2.24) is 4.90 Å². The Kier molecular flexibility index (Phi) is 4.14. The quantitative estimate of drug-likeness (QED) is 0.854. The predicted octanol–water partition coefficient (Wildman–Crippen LogP) is 1.83. The molecule has 1 aliphatic heterocycles. The van der Waals surface area contributed by atoms with E-state index in [0.29, 0.717) is 23.6 Å². The second kappa shape index (κ2) is 5.49. The highest BCUT2D eigenvalue weighted by Crippen LogP contribution is 2.22. The van der Waals surface area contributed by atoms with Crippen LogP contribution < -0.4 is 0 Å². The molecule has 0 spiro atoms. The van der Waals surface area contributed by atoms with Gasteiger partial charge in [-0.2, -0.15) is 5.26 Å². The Morgan fingerprint density at radius 2 is 2.26 bits per heavy atom. The van der Waals surface area contributed by atoms with E-state index in [1.807, 2.05) is 24.1 Å². The van der Waals surface area contributed by atoms with E-state index in [1.165, 1.54) is 0 Å². The summed E-state index contributed by atoms with van der Waals surface area (Å²) in [6.45, 7) is 0.588. The zero-order valence-electron chi connectivity index (χ0n) is 10.6. The Bertz CT molecular complexity index is 622. The lowest BCUT2D eigenvalue weighted by Gasteiger charge is -2.23. The third kappa shape index (κ3) is 3.47. The van der Waals surface area contributed by atoms with E-state index >= 15 is 0 Å². The average Bonchev–Trinajstić information content (AvgIpc) is 2.72. The van der Waals surface area contributed by atoms with Crippen LogP contribution in [-0.4, -0.2) is 37.9 Å². The van der Waals surface area contributed by atoms with E-state index in [4.69, 9.17) is 16.9 Å². The van der Waals surface area contributed by atoms with Crippen LogP contribution in [0.4, 0.5) is 0 Å². The van der Waals surface area contributed by atoms with Gasteiger partial charge in [-0.1, -0.05) is 17.7 Å². The summed E-state index contributed by atoms with van der Waals surface area (Å²) >= 11 is 6.12. The first-order valence-electron chi connectivity index (χ1n) is 6.00. The Morgan fingerprint density at radius 3 is 2.79 bits per heavy atom. The van der Waals surface area contributed by atoms with Crippen LogP contribution >= 0.6 is 11.6 Å². The fourth-order valence-electron chi connectivity index (χ4n) is 2.27. The first-order chi connectivity index (χ1) is 8.91. The van der Waals surface area contributed by atoms with E-state index in [9.17, 15) is 8.42 Å². The summed E-state index contributed by atoms with van der Waals surface area (Å²) in [6, 6.07) is 7.27. The van der Waals surface area contributed by atoms with Gasteiger partial charge in [-0.25, -0.2) is 8.42 Å². The van der Waals surface area contributed by atoms with Crippen LogP contribution in [0.3, 0.4) is 0 Å². The van der Waals surface area contributed by atoms with Gasteiger partial charge < -0.3 is 0 Å². The second-order valence-corrected chi connectivity index (χ2v) is 7.53. The minimum absolute atomic E-state index is 0.0525. The number of hydrogen-bond acceptors (Lipinski definition) is 4. The lowest BCUT2D eigenvalue weighted by atomic mass is 10.1. The van der Waals surface area contributed by atoms with Gasteiger partial charge in [0.2, 0.25) is 0 Å². The lowest BCUT2D eigenvalue weighted by molar-refractivity contribution is 0.254. The Balaban J connectivity index is 2.08. The van der Waals surface area contributed by atoms with E-state index in [1.54, 1.807) is 12.1 Å². The molecule has 0 aromatic heterocycles. The second-order valence-electron chi connectivity index (χ2n) is 4.89. The summed E-state index contributed by atoms with van der Waals surface area (Å²) in [5.41, 5.74) is 1.44. The lowest BCUT2D eigenvalue weighted by Crippen LogP contribution is -2.32. The molecule has 1 unspecified atom stereocenters. The molecule has 1 heterocycles. The van der Waals surface area contributed by atoms with Crippen molar-refractivity contribution in [1.29, 1.82) is 5.26 Å². The minimum atomic E-state index is -2.87. The van der Waals surface area contributed by atoms with Crippen molar-refractivity contribution in [3.63, 3.8) is 0 Å². The van der Waals surface area contributed by atoms with Crippen molar-refractivity contribution in [2.24, 2.45) is 0 Å². The minimum Gasteiger partial charge on any atom is -0.298 e. The third-order valence-corrected chi connectivity index (χ3v) is 5.54. The molecule has 0 radical (unpaired) electrons. The maximum atomic E-state index is 11.5. The number of hydrogen-bond donors (Lipinski definition) is 0. The molecular weight excluding hydrogens is 284 g/mol. The number of rotatable bonds is 3. The Morgan fingerprint density at radius 1 is 1.53 bits per heavy atom. The highest BCUT2D eigenvalue weighted by atomic mass is 35.5. The maximum absolute atomic E-state index is 11.5. The molecule has 1 saturated heterocycles. The average molecular weight is 299 g/mol. The Labute approximate surface area is 118 Å². The first kappa shape index (κ1) is 14.3. The molecule has 0 amide bonds. The van der Waals surface area contributed by atoms with Gasteiger partial charge in [0.1, 0.15) is 0 Å². The van der Waals surface area contributed by atoms with Gasteiger partial charge in [0.15, 0.2) is 9.84 Å². The van der Waals surface area contributed by atoms with Crippen molar-refractivity contribution in [2.45, 2.75) is 19.0 Å². The van der Waals surface area contributed by atoms with Crippen LogP contribution in [0.15, 0.2) is 18.2 Å². The smallest absolute Gasteiger partial charge is 0.151 e. The van der Waals surface area contributed by atoms with E-state index in [0.717, 1.165) is 5.56 Å². The maximum Gasteiger partial charge on any atom is 0.151 e. The number of benzene rings is 1. The monoisotopic (exact) mass is 298 g/mol. The van der Waals surface area contributed by atoms with Gasteiger partial charge in [0, 0.05) is 17.6 Å². The molecule has 2 rings (SSSR count). The molecule has 4 nitrogen and oxygen atoms in total. The molecular formula is C13H15ClN2O2S. The molecule has 0 aliphatic carbocycles. The largest absolute Gasteiger partial charge is 0.298 e. The van der Waals surface area contributed by atoms with Crippen molar-refractivity contribution in [3.8, 4) is 6.07 Å². The summed E-state index contributed by atoms with van der Waals surface area (Å²) in [5, 5.41) is 9.33. The number of sulfone groups is 1. The van der Waals surface area contributed by atoms with Crippen LogP contribution in [-0.2, 0) is 16.4 Å². The van der Waals surface area contributed by atoms with Crippen LogP contribution in [0.2, 0.25) is 5.02 Å². The topological polar surface area (TPSA) is 61.2 Å². The normalized spacial score (nSPS) is 21.5. The third-order valence-electron chi connectivity index (χ3n) is 3.43. The van der Waals surface area contributed by atoms with E-state index in [2.05, 4.69) is 0 Å². The number of halogens is 1. The van der Waals surface area contributed by atoms with Crippen LogP contribution in [0.5, 0.6) is 0 Å².